The lowest BCUT2D eigenvalue weighted by Crippen LogP contribution is -2.42. The van der Waals surface area contributed by atoms with E-state index >= 15 is 0 Å². The van der Waals surface area contributed by atoms with Gasteiger partial charge in [-0.3, -0.25) is 0 Å². The van der Waals surface area contributed by atoms with E-state index in [0.29, 0.717) is 26.4 Å². The standard InChI is InChI=1S/C39H60O8/c1-29(16-19-34-26-45-39(4,5)47-34)36(43-25-31-17-20-32(41-7)21-18-31)23-35(44-28-40-6)22-33-14-11-15-37(46-33)38(2,3)27-42-24-30-12-9-8-10-13-30/h8-10,12-13,17-18,20-21,29,33-37H,11,14-16,19,22-28H2,1-7H3/t29-,33-,34+,35-,36+,37+/m0/s1. The second kappa shape index (κ2) is 18.6. The molecule has 0 bridgehead atoms. The number of methoxy groups -OCH3 is 2. The molecule has 0 aromatic heterocycles. The third-order valence-corrected chi connectivity index (χ3v) is 9.52. The van der Waals surface area contributed by atoms with Crippen molar-refractivity contribution >= 4 is 0 Å². The zero-order chi connectivity index (χ0) is 33.7. The summed E-state index contributed by atoms with van der Waals surface area (Å²) in [7, 11) is 3.36. The van der Waals surface area contributed by atoms with Crippen molar-refractivity contribution in [3.63, 3.8) is 0 Å². The maximum atomic E-state index is 6.81. The number of ether oxygens (including phenoxy) is 8. The highest BCUT2D eigenvalue weighted by Crippen LogP contribution is 2.36. The third kappa shape index (κ3) is 12.7. The summed E-state index contributed by atoms with van der Waals surface area (Å²) in [6.45, 7) is 13.4. The molecule has 0 amide bonds. The first-order valence-electron chi connectivity index (χ1n) is 17.5. The fourth-order valence-corrected chi connectivity index (χ4v) is 6.63. The fourth-order valence-electron chi connectivity index (χ4n) is 6.63. The van der Waals surface area contributed by atoms with Crippen LogP contribution in [0.5, 0.6) is 5.75 Å². The molecule has 47 heavy (non-hydrogen) atoms. The van der Waals surface area contributed by atoms with Crippen molar-refractivity contribution in [3.8, 4) is 5.75 Å². The Morgan fingerprint density at radius 2 is 1.66 bits per heavy atom. The van der Waals surface area contributed by atoms with Crippen LogP contribution >= 0.6 is 0 Å². The molecular formula is C39H60O8. The molecule has 2 aliphatic rings. The van der Waals surface area contributed by atoms with E-state index in [1.54, 1.807) is 14.2 Å². The summed E-state index contributed by atoms with van der Waals surface area (Å²) in [5.41, 5.74) is 2.20. The summed E-state index contributed by atoms with van der Waals surface area (Å²) >= 11 is 0. The Bertz CT molecular complexity index is 1140. The quantitative estimate of drug-likeness (QED) is 0.132. The lowest BCUT2D eigenvalue weighted by Gasteiger charge is -2.41. The largest absolute Gasteiger partial charge is 0.497 e. The van der Waals surface area contributed by atoms with Gasteiger partial charge in [0.1, 0.15) is 12.5 Å². The van der Waals surface area contributed by atoms with Gasteiger partial charge in [0.25, 0.3) is 0 Å². The van der Waals surface area contributed by atoms with Crippen LogP contribution in [-0.2, 0) is 46.4 Å². The zero-order valence-electron chi connectivity index (χ0n) is 29.9. The first-order chi connectivity index (χ1) is 22.6. The van der Waals surface area contributed by atoms with Gasteiger partial charge in [0.15, 0.2) is 5.79 Å². The van der Waals surface area contributed by atoms with Gasteiger partial charge < -0.3 is 37.9 Å². The summed E-state index contributed by atoms with van der Waals surface area (Å²) in [5.74, 6) is 0.609. The van der Waals surface area contributed by atoms with Gasteiger partial charge in [-0.15, -0.1) is 0 Å². The predicted molar refractivity (Wildman–Crippen MR) is 183 cm³/mol. The molecule has 2 saturated heterocycles. The lowest BCUT2D eigenvalue weighted by atomic mass is 9.82. The molecule has 2 fully saturated rings. The molecule has 8 nitrogen and oxygen atoms in total. The lowest BCUT2D eigenvalue weighted by molar-refractivity contribution is -0.153. The number of rotatable bonds is 20. The average Bonchev–Trinajstić information content (AvgIpc) is 3.43. The molecule has 0 radical (unpaired) electrons. The van der Waals surface area contributed by atoms with Crippen LogP contribution in [0.2, 0.25) is 0 Å². The minimum absolute atomic E-state index is 0.0171. The van der Waals surface area contributed by atoms with Crippen LogP contribution < -0.4 is 4.74 Å². The molecule has 2 aromatic carbocycles. The Morgan fingerprint density at radius 3 is 2.34 bits per heavy atom. The summed E-state index contributed by atoms with van der Waals surface area (Å²) in [4.78, 5) is 0. The highest BCUT2D eigenvalue weighted by Gasteiger charge is 2.37. The van der Waals surface area contributed by atoms with Gasteiger partial charge in [-0.25, -0.2) is 0 Å². The predicted octanol–water partition coefficient (Wildman–Crippen LogP) is 8.10. The molecule has 2 aliphatic heterocycles. The van der Waals surface area contributed by atoms with E-state index < -0.39 is 5.79 Å². The minimum Gasteiger partial charge on any atom is -0.497 e. The molecule has 0 N–H and O–H groups in total. The number of benzene rings is 2. The first kappa shape index (κ1) is 37.8. The van der Waals surface area contributed by atoms with Crippen LogP contribution in [0, 0.1) is 11.3 Å². The van der Waals surface area contributed by atoms with Crippen LogP contribution in [0.15, 0.2) is 54.6 Å². The van der Waals surface area contributed by atoms with E-state index in [1.165, 1.54) is 5.56 Å². The van der Waals surface area contributed by atoms with Gasteiger partial charge in [0, 0.05) is 18.9 Å². The van der Waals surface area contributed by atoms with Crippen molar-refractivity contribution in [1.82, 2.24) is 0 Å². The summed E-state index contributed by atoms with van der Waals surface area (Å²) in [6.07, 6.45) is 6.87. The van der Waals surface area contributed by atoms with E-state index in [2.05, 4.69) is 57.2 Å². The monoisotopic (exact) mass is 656 g/mol. The fraction of sp³-hybridized carbons (Fsp3) is 0.692. The SMILES string of the molecule is COCO[C@@H](C[C@@H]1CCC[C@H](C(C)(C)COCc2ccccc2)O1)C[C@@H](OCc1ccc(OC)cc1)[C@@H](C)CC[C@@H]1COC(C)(C)O1. The molecule has 0 saturated carbocycles. The highest BCUT2D eigenvalue weighted by molar-refractivity contribution is 5.26. The van der Waals surface area contributed by atoms with Crippen molar-refractivity contribution in [2.24, 2.45) is 11.3 Å². The minimum atomic E-state index is -0.516. The van der Waals surface area contributed by atoms with Gasteiger partial charge in [-0.05, 0) is 81.5 Å². The van der Waals surface area contributed by atoms with E-state index in [9.17, 15) is 0 Å². The van der Waals surface area contributed by atoms with Crippen LogP contribution in [-0.4, -0.2) is 70.5 Å². The molecule has 2 aromatic rings. The van der Waals surface area contributed by atoms with Crippen LogP contribution in [0.25, 0.3) is 0 Å². The third-order valence-electron chi connectivity index (χ3n) is 9.52. The molecule has 2 heterocycles. The topological polar surface area (TPSA) is 73.8 Å². The van der Waals surface area contributed by atoms with Crippen LogP contribution in [0.4, 0.5) is 0 Å². The second-order valence-corrected chi connectivity index (χ2v) is 14.5. The Hall–Kier alpha value is -2.04. The van der Waals surface area contributed by atoms with E-state index in [0.717, 1.165) is 56.3 Å². The summed E-state index contributed by atoms with van der Waals surface area (Å²) in [5, 5.41) is 0. The van der Waals surface area contributed by atoms with Crippen molar-refractivity contribution in [2.45, 2.75) is 129 Å². The van der Waals surface area contributed by atoms with Gasteiger partial charge >= 0.3 is 0 Å². The maximum Gasteiger partial charge on any atom is 0.163 e. The van der Waals surface area contributed by atoms with Gasteiger partial charge in [-0.2, -0.15) is 0 Å². The Labute approximate surface area is 283 Å². The van der Waals surface area contributed by atoms with E-state index in [-0.39, 0.29) is 48.6 Å². The molecule has 0 aliphatic carbocycles. The van der Waals surface area contributed by atoms with E-state index in [1.807, 2.05) is 32.0 Å². The maximum absolute atomic E-state index is 6.81. The van der Waals surface area contributed by atoms with Gasteiger partial charge in [-0.1, -0.05) is 63.2 Å². The molecule has 4 rings (SSSR count). The number of hydrogen-bond donors (Lipinski definition) is 0. The van der Waals surface area contributed by atoms with Crippen molar-refractivity contribution in [3.05, 3.63) is 65.7 Å². The number of hydrogen-bond acceptors (Lipinski definition) is 8. The van der Waals surface area contributed by atoms with Gasteiger partial charge in [0.05, 0.1) is 64.1 Å². The molecule has 8 heteroatoms. The first-order valence-corrected chi connectivity index (χ1v) is 17.5. The Balaban J connectivity index is 1.37. The van der Waals surface area contributed by atoms with Crippen LogP contribution in [0.1, 0.15) is 90.7 Å². The second-order valence-electron chi connectivity index (χ2n) is 14.5. The molecule has 0 spiro atoms. The van der Waals surface area contributed by atoms with Crippen LogP contribution in [0.3, 0.4) is 0 Å². The van der Waals surface area contributed by atoms with Crippen molar-refractivity contribution in [2.75, 3.05) is 34.2 Å². The van der Waals surface area contributed by atoms with Crippen molar-refractivity contribution in [1.29, 1.82) is 0 Å². The summed E-state index contributed by atoms with van der Waals surface area (Å²) in [6, 6.07) is 18.4. The normalized spacial score (nSPS) is 23.3. The summed E-state index contributed by atoms with van der Waals surface area (Å²) < 4.78 is 48.6. The Morgan fingerprint density at radius 1 is 0.915 bits per heavy atom. The zero-order valence-corrected chi connectivity index (χ0v) is 29.9. The Kier molecular flexibility index (Phi) is 15.0. The molecular weight excluding hydrogens is 596 g/mol. The molecule has 6 atom stereocenters. The average molecular weight is 657 g/mol. The smallest absolute Gasteiger partial charge is 0.163 e. The van der Waals surface area contributed by atoms with Gasteiger partial charge in [0.2, 0.25) is 0 Å². The molecule has 0 unspecified atom stereocenters. The molecule has 264 valence electrons. The van der Waals surface area contributed by atoms with E-state index in [4.69, 9.17) is 37.9 Å². The van der Waals surface area contributed by atoms with Crippen molar-refractivity contribution < 1.29 is 37.9 Å². The highest BCUT2D eigenvalue weighted by atomic mass is 16.7.